The molecule has 0 radical (unpaired) electrons. The van der Waals surface area contributed by atoms with Gasteiger partial charge in [-0.3, -0.25) is 14.5 Å². The third-order valence-corrected chi connectivity index (χ3v) is 2.74. The third-order valence-electron chi connectivity index (χ3n) is 2.74. The standard InChI is InChI=1S/C11H19NO2/c1-7(2)11(14)10-5-9(13)6-12(10)8(3)4/h7-8,10H,5-6H2,1-4H3. The quantitative estimate of drug-likeness (QED) is 0.683. The molecule has 1 unspecified atom stereocenters. The van der Waals surface area contributed by atoms with Crippen LogP contribution in [0.5, 0.6) is 0 Å². The second kappa shape index (κ2) is 4.22. The molecule has 1 aliphatic rings. The fraction of sp³-hybridized carbons (Fsp3) is 0.818. The summed E-state index contributed by atoms with van der Waals surface area (Å²) in [5, 5.41) is 0. The number of rotatable bonds is 3. The highest BCUT2D eigenvalue weighted by Gasteiger charge is 2.37. The minimum atomic E-state index is -0.164. The molecule has 0 spiro atoms. The Labute approximate surface area is 85.5 Å². The predicted molar refractivity (Wildman–Crippen MR) is 55.1 cm³/mol. The van der Waals surface area contributed by atoms with Crippen molar-refractivity contribution in [2.75, 3.05) is 6.54 Å². The average Bonchev–Trinajstić information content (AvgIpc) is 2.45. The first kappa shape index (κ1) is 11.4. The molecule has 1 aliphatic heterocycles. The molecule has 0 aliphatic carbocycles. The molecular weight excluding hydrogens is 178 g/mol. The monoisotopic (exact) mass is 197 g/mol. The van der Waals surface area contributed by atoms with Crippen molar-refractivity contribution in [2.45, 2.75) is 46.2 Å². The van der Waals surface area contributed by atoms with Crippen molar-refractivity contribution in [1.29, 1.82) is 0 Å². The first-order valence-corrected chi connectivity index (χ1v) is 5.24. The lowest BCUT2D eigenvalue weighted by atomic mass is 9.99. The van der Waals surface area contributed by atoms with Gasteiger partial charge in [-0.25, -0.2) is 0 Å². The van der Waals surface area contributed by atoms with E-state index in [4.69, 9.17) is 0 Å². The number of nitrogens with zero attached hydrogens (tertiary/aromatic N) is 1. The van der Waals surface area contributed by atoms with Gasteiger partial charge in [-0.15, -0.1) is 0 Å². The number of carbonyl (C=O) groups is 2. The Kier molecular flexibility index (Phi) is 3.43. The number of carbonyl (C=O) groups excluding carboxylic acids is 2. The maximum atomic E-state index is 11.8. The van der Waals surface area contributed by atoms with Crippen molar-refractivity contribution in [3.63, 3.8) is 0 Å². The molecule has 14 heavy (non-hydrogen) atoms. The van der Waals surface area contributed by atoms with Gasteiger partial charge in [-0.05, 0) is 13.8 Å². The van der Waals surface area contributed by atoms with Gasteiger partial charge in [0.05, 0.1) is 12.6 Å². The van der Waals surface area contributed by atoms with Crippen molar-refractivity contribution >= 4 is 11.6 Å². The van der Waals surface area contributed by atoms with E-state index in [1.165, 1.54) is 0 Å². The van der Waals surface area contributed by atoms with Crippen molar-refractivity contribution in [3.8, 4) is 0 Å². The first-order valence-electron chi connectivity index (χ1n) is 5.24. The molecule has 0 aromatic rings. The van der Waals surface area contributed by atoms with Crippen LogP contribution in [0.15, 0.2) is 0 Å². The van der Waals surface area contributed by atoms with Gasteiger partial charge in [0.25, 0.3) is 0 Å². The minimum absolute atomic E-state index is 0.0205. The van der Waals surface area contributed by atoms with Gasteiger partial charge in [-0.1, -0.05) is 13.8 Å². The summed E-state index contributed by atoms with van der Waals surface area (Å²) in [4.78, 5) is 25.1. The first-order chi connectivity index (χ1) is 6.43. The molecule has 1 heterocycles. The highest BCUT2D eigenvalue weighted by atomic mass is 16.1. The molecule has 1 rings (SSSR count). The Morgan fingerprint density at radius 3 is 2.36 bits per heavy atom. The van der Waals surface area contributed by atoms with E-state index in [-0.39, 0.29) is 29.6 Å². The molecule has 3 nitrogen and oxygen atoms in total. The molecule has 0 bridgehead atoms. The summed E-state index contributed by atoms with van der Waals surface area (Å²) >= 11 is 0. The van der Waals surface area contributed by atoms with E-state index in [2.05, 4.69) is 0 Å². The Morgan fingerprint density at radius 2 is 1.93 bits per heavy atom. The van der Waals surface area contributed by atoms with E-state index in [1.54, 1.807) is 0 Å². The molecule has 0 N–H and O–H groups in total. The van der Waals surface area contributed by atoms with E-state index >= 15 is 0 Å². The van der Waals surface area contributed by atoms with E-state index in [9.17, 15) is 9.59 Å². The summed E-state index contributed by atoms with van der Waals surface area (Å²) in [6, 6.07) is 0.108. The van der Waals surface area contributed by atoms with Gasteiger partial charge in [0, 0.05) is 18.4 Å². The van der Waals surface area contributed by atoms with Crippen LogP contribution in [0.25, 0.3) is 0 Å². The smallest absolute Gasteiger partial charge is 0.152 e. The second-order valence-electron chi connectivity index (χ2n) is 4.58. The van der Waals surface area contributed by atoms with E-state index in [1.807, 2.05) is 32.6 Å². The van der Waals surface area contributed by atoms with Crippen LogP contribution in [0.2, 0.25) is 0 Å². The van der Waals surface area contributed by atoms with Crippen molar-refractivity contribution in [2.24, 2.45) is 5.92 Å². The van der Waals surface area contributed by atoms with Crippen LogP contribution in [0.4, 0.5) is 0 Å². The maximum absolute atomic E-state index is 11.8. The number of hydrogen-bond acceptors (Lipinski definition) is 3. The Hall–Kier alpha value is -0.700. The molecule has 3 heteroatoms. The fourth-order valence-electron chi connectivity index (χ4n) is 1.90. The summed E-state index contributed by atoms with van der Waals surface area (Å²) in [5.41, 5.74) is 0. The maximum Gasteiger partial charge on any atom is 0.152 e. The molecule has 1 fully saturated rings. The van der Waals surface area contributed by atoms with Gasteiger partial charge < -0.3 is 0 Å². The molecule has 1 atom stereocenters. The van der Waals surface area contributed by atoms with E-state index < -0.39 is 0 Å². The zero-order valence-corrected chi connectivity index (χ0v) is 9.41. The zero-order chi connectivity index (χ0) is 10.9. The SMILES string of the molecule is CC(C)C(=O)C1CC(=O)CN1C(C)C. The summed E-state index contributed by atoms with van der Waals surface area (Å²) in [6.45, 7) is 8.28. The van der Waals surface area contributed by atoms with Crippen LogP contribution in [0.3, 0.4) is 0 Å². The molecular formula is C11H19NO2. The molecule has 80 valence electrons. The number of Topliss-reactive ketones (excluding diaryl/α,β-unsaturated/α-hetero) is 2. The van der Waals surface area contributed by atoms with Crippen LogP contribution in [-0.4, -0.2) is 35.1 Å². The van der Waals surface area contributed by atoms with Gasteiger partial charge in [0.2, 0.25) is 0 Å². The van der Waals surface area contributed by atoms with Crippen molar-refractivity contribution in [1.82, 2.24) is 4.90 Å². The lowest BCUT2D eigenvalue weighted by molar-refractivity contribution is -0.127. The third kappa shape index (κ3) is 2.21. The molecule has 1 saturated heterocycles. The van der Waals surface area contributed by atoms with Crippen molar-refractivity contribution in [3.05, 3.63) is 0 Å². The topological polar surface area (TPSA) is 37.4 Å². The lowest BCUT2D eigenvalue weighted by Crippen LogP contribution is -2.42. The molecule has 0 aromatic heterocycles. The van der Waals surface area contributed by atoms with E-state index in [0.717, 1.165) is 0 Å². The number of hydrogen-bond donors (Lipinski definition) is 0. The average molecular weight is 197 g/mol. The molecule has 0 saturated carbocycles. The Bertz CT molecular complexity index is 246. The summed E-state index contributed by atoms with van der Waals surface area (Å²) in [5.74, 6) is 0.411. The minimum Gasteiger partial charge on any atom is -0.298 e. The van der Waals surface area contributed by atoms with Crippen molar-refractivity contribution < 1.29 is 9.59 Å². The lowest BCUT2D eigenvalue weighted by Gasteiger charge is -2.27. The van der Waals surface area contributed by atoms with Crippen LogP contribution in [-0.2, 0) is 9.59 Å². The highest BCUT2D eigenvalue weighted by Crippen LogP contribution is 2.20. The van der Waals surface area contributed by atoms with Crippen LogP contribution >= 0.6 is 0 Å². The Morgan fingerprint density at radius 1 is 1.36 bits per heavy atom. The van der Waals surface area contributed by atoms with Gasteiger partial charge in [-0.2, -0.15) is 0 Å². The van der Waals surface area contributed by atoms with Gasteiger partial charge in [0.15, 0.2) is 5.78 Å². The normalized spacial score (nSPS) is 23.9. The van der Waals surface area contributed by atoms with Gasteiger partial charge >= 0.3 is 0 Å². The predicted octanol–water partition coefficient (Wildman–Crippen LogP) is 1.26. The van der Waals surface area contributed by atoms with Crippen LogP contribution < -0.4 is 0 Å². The van der Waals surface area contributed by atoms with Crippen LogP contribution in [0, 0.1) is 5.92 Å². The summed E-state index contributed by atoms with van der Waals surface area (Å²) in [7, 11) is 0. The van der Waals surface area contributed by atoms with E-state index in [0.29, 0.717) is 13.0 Å². The molecule has 0 amide bonds. The van der Waals surface area contributed by atoms with Gasteiger partial charge in [0.1, 0.15) is 5.78 Å². The fourth-order valence-corrected chi connectivity index (χ4v) is 1.90. The number of likely N-dealkylation sites (tertiary alicyclic amines) is 1. The Balaban J connectivity index is 2.76. The highest BCUT2D eigenvalue weighted by molar-refractivity contribution is 5.95. The largest absolute Gasteiger partial charge is 0.298 e. The van der Waals surface area contributed by atoms with Crippen LogP contribution in [0.1, 0.15) is 34.1 Å². The zero-order valence-electron chi connectivity index (χ0n) is 9.41. The summed E-state index contributed by atoms with van der Waals surface area (Å²) < 4.78 is 0. The second-order valence-corrected chi connectivity index (χ2v) is 4.58. The summed E-state index contributed by atoms with van der Waals surface area (Å²) in [6.07, 6.45) is 0.412. The molecule has 0 aromatic carbocycles. The number of ketones is 2.